The number of nitrogens with zero attached hydrogens (tertiary/aromatic N) is 1. The van der Waals surface area contributed by atoms with Gasteiger partial charge in [0.1, 0.15) is 6.04 Å². The van der Waals surface area contributed by atoms with E-state index in [0.717, 1.165) is 5.56 Å². The number of carbonyl (C=O) groups excluding carboxylic acids is 1. The number of ether oxygens (including phenoxy) is 1. The first-order valence-corrected chi connectivity index (χ1v) is 14.2. The van der Waals surface area contributed by atoms with E-state index in [-0.39, 0.29) is 29.4 Å². The number of nitrogens with one attached hydrogen (secondary N) is 2. The molecular weight excluding hydrogens is 490 g/mol. The van der Waals surface area contributed by atoms with Crippen molar-refractivity contribution in [2.45, 2.75) is 48.9 Å². The summed E-state index contributed by atoms with van der Waals surface area (Å²) in [6.45, 7) is 3.76. The number of esters is 1. The molecule has 11 heteroatoms. The van der Waals surface area contributed by atoms with Gasteiger partial charge in [0.25, 0.3) is 0 Å². The first kappa shape index (κ1) is 26.7. The average Bonchev–Trinajstić information content (AvgIpc) is 2.83. The molecule has 1 atom stereocenters. The second kappa shape index (κ2) is 11.7. The summed E-state index contributed by atoms with van der Waals surface area (Å²) in [4.78, 5) is 16.7. The normalized spacial score (nSPS) is 13.0. The number of carbonyl (C=O) groups is 1. The lowest BCUT2D eigenvalue weighted by Gasteiger charge is -2.18. The molecule has 1 heterocycles. The highest BCUT2D eigenvalue weighted by Crippen LogP contribution is 2.22. The van der Waals surface area contributed by atoms with Crippen LogP contribution in [0, 0.1) is 6.92 Å². The zero-order chi connectivity index (χ0) is 25.5. The standard InChI is InChI=1S/C24H29N3O6S2/c1-3-33-24(28)22(8-4-5-15-26-34(29,30)20-12-10-18(2)11-13-20)27-35(31,32)23-9-6-7-19-17-25-16-14-21(19)23/h6-7,9-14,16-17,22,26-27H,3-5,8,15H2,1-2H3. The minimum atomic E-state index is -4.05. The van der Waals surface area contributed by atoms with Crippen molar-refractivity contribution in [3.63, 3.8) is 0 Å². The van der Waals surface area contributed by atoms with Crippen molar-refractivity contribution in [1.29, 1.82) is 0 Å². The van der Waals surface area contributed by atoms with Crippen LogP contribution in [0.4, 0.5) is 0 Å². The smallest absolute Gasteiger partial charge is 0.324 e. The maximum Gasteiger partial charge on any atom is 0.324 e. The molecular formula is C24H29N3O6S2. The number of unbranched alkanes of at least 4 members (excludes halogenated alkanes) is 1. The fourth-order valence-electron chi connectivity index (χ4n) is 3.53. The SMILES string of the molecule is CCOC(=O)C(CCCCNS(=O)(=O)c1ccc(C)cc1)NS(=O)(=O)c1cccc2cnccc12. The minimum absolute atomic E-state index is 0.0394. The lowest BCUT2D eigenvalue weighted by Crippen LogP contribution is -2.42. The van der Waals surface area contributed by atoms with Gasteiger partial charge in [0.05, 0.1) is 16.4 Å². The van der Waals surface area contributed by atoms with Gasteiger partial charge < -0.3 is 4.74 Å². The molecule has 0 amide bonds. The molecule has 0 saturated heterocycles. The Labute approximate surface area is 206 Å². The number of aromatic nitrogens is 1. The van der Waals surface area contributed by atoms with Gasteiger partial charge in [-0.1, -0.05) is 29.8 Å². The highest BCUT2D eigenvalue weighted by Gasteiger charge is 2.27. The maximum absolute atomic E-state index is 13.1. The van der Waals surface area contributed by atoms with E-state index in [1.54, 1.807) is 43.5 Å². The number of hydrogen-bond acceptors (Lipinski definition) is 7. The molecule has 35 heavy (non-hydrogen) atoms. The molecule has 2 aromatic carbocycles. The zero-order valence-electron chi connectivity index (χ0n) is 19.6. The van der Waals surface area contributed by atoms with Crippen molar-refractivity contribution in [2.24, 2.45) is 0 Å². The fourth-order valence-corrected chi connectivity index (χ4v) is 6.05. The molecule has 0 aliphatic heterocycles. The predicted octanol–water partition coefficient (Wildman–Crippen LogP) is 2.90. The Bertz CT molecular complexity index is 1370. The largest absolute Gasteiger partial charge is 0.465 e. The Morgan fingerprint density at radius 1 is 1.00 bits per heavy atom. The monoisotopic (exact) mass is 519 g/mol. The highest BCUT2D eigenvalue weighted by molar-refractivity contribution is 7.90. The first-order valence-electron chi connectivity index (χ1n) is 11.2. The number of rotatable bonds is 12. The van der Waals surface area contributed by atoms with Crippen molar-refractivity contribution < 1.29 is 26.4 Å². The van der Waals surface area contributed by atoms with Crippen molar-refractivity contribution in [3.8, 4) is 0 Å². The second-order valence-corrected chi connectivity index (χ2v) is 11.4. The molecule has 0 aliphatic carbocycles. The van der Waals surface area contributed by atoms with Crippen molar-refractivity contribution in [2.75, 3.05) is 13.2 Å². The average molecular weight is 520 g/mol. The summed E-state index contributed by atoms with van der Waals surface area (Å²) in [6.07, 6.45) is 4.01. The molecule has 0 bridgehead atoms. The lowest BCUT2D eigenvalue weighted by atomic mass is 10.1. The second-order valence-electron chi connectivity index (χ2n) is 7.99. The molecule has 0 spiro atoms. The number of sulfonamides is 2. The number of pyridine rings is 1. The third kappa shape index (κ3) is 7.07. The van der Waals surface area contributed by atoms with E-state index in [1.165, 1.54) is 24.4 Å². The van der Waals surface area contributed by atoms with Gasteiger partial charge >= 0.3 is 5.97 Å². The van der Waals surface area contributed by atoms with Crippen LogP contribution in [-0.2, 0) is 29.6 Å². The fraction of sp³-hybridized carbons (Fsp3) is 0.333. The summed E-state index contributed by atoms with van der Waals surface area (Å²) in [6, 6.07) is 11.8. The molecule has 0 saturated carbocycles. The van der Waals surface area contributed by atoms with Gasteiger partial charge in [-0.3, -0.25) is 9.78 Å². The predicted molar refractivity (Wildman–Crippen MR) is 133 cm³/mol. The van der Waals surface area contributed by atoms with Gasteiger partial charge in [-0.05, 0) is 57.4 Å². The molecule has 188 valence electrons. The highest BCUT2D eigenvalue weighted by atomic mass is 32.2. The molecule has 1 unspecified atom stereocenters. The van der Waals surface area contributed by atoms with Crippen molar-refractivity contribution >= 4 is 36.8 Å². The summed E-state index contributed by atoms with van der Waals surface area (Å²) in [5.74, 6) is -0.682. The van der Waals surface area contributed by atoms with E-state index < -0.39 is 32.1 Å². The van der Waals surface area contributed by atoms with Gasteiger partial charge in [-0.25, -0.2) is 21.6 Å². The van der Waals surface area contributed by atoms with Crippen LogP contribution in [0.3, 0.4) is 0 Å². The van der Waals surface area contributed by atoms with E-state index in [0.29, 0.717) is 23.6 Å². The number of benzene rings is 2. The molecule has 1 aromatic heterocycles. The van der Waals surface area contributed by atoms with Crippen LogP contribution in [0.25, 0.3) is 10.8 Å². The molecule has 3 aromatic rings. The Hall–Kier alpha value is -2.86. The molecule has 0 aliphatic rings. The zero-order valence-corrected chi connectivity index (χ0v) is 21.2. The molecule has 9 nitrogen and oxygen atoms in total. The molecule has 3 rings (SSSR count). The van der Waals surface area contributed by atoms with Crippen molar-refractivity contribution in [1.82, 2.24) is 14.4 Å². The van der Waals surface area contributed by atoms with E-state index in [2.05, 4.69) is 14.4 Å². The van der Waals surface area contributed by atoms with Crippen LogP contribution in [0.15, 0.2) is 70.7 Å². The lowest BCUT2D eigenvalue weighted by molar-refractivity contribution is -0.145. The van der Waals surface area contributed by atoms with Crippen LogP contribution in [0.5, 0.6) is 0 Å². The van der Waals surface area contributed by atoms with Crippen LogP contribution < -0.4 is 9.44 Å². The van der Waals surface area contributed by atoms with Crippen LogP contribution in [-0.4, -0.2) is 47.0 Å². The number of aryl methyl sites for hydroxylation is 1. The van der Waals surface area contributed by atoms with E-state index >= 15 is 0 Å². The summed E-state index contributed by atoms with van der Waals surface area (Å²) >= 11 is 0. The van der Waals surface area contributed by atoms with Gasteiger partial charge in [0, 0.05) is 29.7 Å². The molecule has 0 radical (unpaired) electrons. The maximum atomic E-state index is 13.1. The molecule has 2 N–H and O–H groups in total. The Kier molecular flexibility index (Phi) is 8.95. The topological polar surface area (TPSA) is 132 Å². The Balaban J connectivity index is 1.64. The van der Waals surface area contributed by atoms with Gasteiger partial charge in [0.15, 0.2) is 0 Å². The Morgan fingerprint density at radius 2 is 1.74 bits per heavy atom. The molecule has 0 fully saturated rings. The number of hydrogen-bond donors (Lipinski definition) is 2. The summed E-state index contributed by atoms with van der Waals surface area (Å²) in [7, 11) is -7.69. The Morgan fingerprint density at radius 3 is 2.46 bits per heavy atom. The minimum Gasteiger partial charge on any atom is -0.465 e. The first-order chi connectivity index (χ1) is 16.6. The van der Waals surface area contributed by atoms with E-state index in [4.69, 9.17) is 4.74 Å². The van der Waals surface area contributed by atoms with E-state index in [9.17, 15) is 21.6 Å². The van der Waals surface area contributed by atoms with Gasteiger partial charge in [-0.15, -0.1) is 0 Å². The quantitative estimate of drug-likeness (QED) is 0.278. The summed E-state index contributed by atoms with van der Waals surface area (Å²) in [5.41, 5.74) is 0.955. The summed E-state index contributed by atoms with van der Waals surface area (Å²) in [5, 5.41) is 1.15. The number of fused-ring (bicyclic) bond motifs is 1. The summed E-state index contributed by atoms with van der Waals surface area (Å²) < 4.78 is 61.1. The van der Waals surface area contributed by atoms with Gasteiger partial charge in [-0.2, -0.15) is 4.72 Å². The van der Waals surface area contributed by atoms with Crippen LogP contribution >= 0.6 is 0 Å². The third-order valence-corrected chi connectivity index (χ3v) is 8.35. The van der Waals surface area contributed by atoms with Crippen molar-refractivity contribution in [3.05, 3.63) is 66.5 Å². The van der Waals surface area contributed by atoms with E-state index in [1.807, 2.05) is 6.92 Å². The van der Waals surface area contributed by atoms with Crippen LogP contribution in [0.2, 0.25) is 0 Å². The van der Waals surface area contributed by atoms with Gasteiger partial charge in [0.2, 0.25) is 20.0 Å². The third-order valence-electron chi connectivity index (χ3n) is 5.34. The van der Waals surface area contributed by atoms with Crippen LogP contribution in [0.1, 0.15) is 31.7 Å².